The van der Waals surface area contributed by atoms with Crippen molar-refractivity contribution in [3.63, 3.8) is 0 Å². The van der Waals surface area contributed by atoms with Gasteiger partial charge < -0.3 is 10.1 Å². The van der Waals surface area contributed by atoms with E-state index in [-0.39, 0.29) is 0 Å². The average molecular weight is 248 g/mol. The monoisotopic (exact) mass is 248 g/mol. The maximum Gasteiger partial charge on any atom is 0.142 e. The molecule has 1 rings (SSSR count). The van der Waals surface area contributed by atoms with Crippen molar-refractivity contribution in [2.24, 2.45) is 0 Å². The van der Waals surface area contributed by atoms with Crippen molar-refractivity contribution >= 4 is 0 Å². The highest BCUT2D eigenvalue weighted by Crippen LogP contribution is 2.17. The summed E-state index contributed by atoms with van der Waals surface area (Å²) in [5, 5.41) is 3.36. The molecule has 18 heavy (non-hydrogen) atoms. The van der Waals surface area contributed by atoms with E-state index in [2.05, 4.69) is 23.8 Å². The highest BCUT2D eigenvalue weighted by molar-refractivity contribution is 5.29. The number of aromatic nitrogens is 1. The molecule has 0 aromatic carbocycles. The van der Waals surface area contributed by atoms with Gasteiger partial charge in [-0.3, -0.25) is 4.98 Å². The van der Waals surface area contributed by atoms with Gasteiger partial charge in [0.2, 0.25) is 0 Å². The van der Waals surface area contributed by atoms with Gasteiger partial charge in [0.05, 0.1) is 12.3 Å². The number of unbranched alkanes of at least 4 members (excludes halogenated alkanes) is 1. The van der Waals surface area contributed by atoms with Crippen LogP contribution < -0.4 is 10.1 Å². The normalized spacial score (nSPS) is 10.3. The molecule has 0 fully saturated rings. The van der Waals surface area contributed by atoms with E-state index in [1.807, 2.05) is 25.1 Å². The molecule has 0 aliphatic rings. The van der Waals surface area contributed by atoms with Gasteiger partial charge in [-0.15, -0.1) is 6.58 Å². The van der Waals surface area contributed by atoms with Crippen molar-refractivity contribution in [3.05, 3.63) is 36.2 Å². The number of hydrogen-bond donors (Lipinski definition) is 1. The van der Waals surface area contributed by atoms with Crippen molar-refractivity contribution in [3.8, 4) is 5.75 Å². The van der Waals surface area contributed by atoms with E-state index in [1.165, 1.54) is 0 Å². The number of aryl methyl sites for hydroxylation is 1. The molecule has 0 saturated carbocycles. The van der Waals surface area contributed by atoms with Crippen LogP contribution >= 0.6 is 0 Å². The van der Waals surface area contributed by atoms with Crippen molar-refractivity contribution in [2.45, 2.75) is 39.7 Å². The molecule has 100 valence electrons. The van der Waals surface area contributed by atoms with Gasteiger partial charge in [-0.1, -0.05) is 13.0 Å². The molecule has 0 amide bonds. The smallest absolute Gasteiger partial charge is 0.142 e. The van der Waals surface area contributed by atoms with E-state index in [9.17, 15) is 0 Å². The summed E-state index contributed by atoms with van der Waals surface area (Å²) in [6.07, 6.45) is 5.03. The van der Waals surface area contributed by atoms with Gasteiger partial charge in [-0.2, -0.15) is 0 Å². The van der Waals surface area contributed by atoms with Gasteiger partial charge in [-0.05, 0) is 44.9 Å². The summed E-state index contributed by atoms with van der Waals surface area (Å²) in [7, 11) is 0. The van der Waals surface area contributed by atoms with Crippen LogP contribution in [0.2, 0.25) is 0 Å². The number of ether oxygens (including phenoxy) is 1. The molecule has 0 unspecified atom stereocenters. The Morgan fingerprint density at radius 3 is 3.00 bits per heavy atom. The van der Waals surface area contributed by atoms with Crippen molar-refractivity contribution in [1.82, 2.24) is 10.3 Å². The Balaban J connectivity index is 2.55. The topological polar surface area (TPSA) is 34.1 Å². The molecule has 1 aromatic rings. The fourth-order valence-corrected chi connectivity index (χ4v) is 1.65. The standard InChI is InChI=1S/C15H24N2O/c1-4-6-7-11-18-15-9-8-13(3)17-14(15)12-16-10-5-2/h4,8-9,16H,1,5-7,10-12H2,2-3H3. The van der Waals surface area contributed by atoms with Crippen LogP contribution in [0, 0.1) is 6.92 Å². The lowest BCUT2D eigenvalue weighted by molar-refractivity contribution is 0.306. The van der Waals surface area contributed by atoms with E-state index in [0.29, 0.717) is 0 Å². The van der Waals surface area contributed by atoms with Gasteiger partial charge in [0.25, 0.3) is 0 Å². The van der Waals surface area contributed by atoms with Crippen LogP contribution in [-0.4, -0.2) is 18.1 Å². The number of nitrogens with zero attached hydrogens (tertiary/aromatic N) is 1. The summed E-state index contributed by atoms with van der Waals surface area (Å²) >= 11 is 0. The minimum Gasteiger partial charge on any atom is -0.492 e. The lowest BCUT2D eigenvalue weighted by atomic mass is 10.2. The third-order valence-corrected chi connectivity index (χ3v) is 2.60. The predicted octanol–water partition coefficient (Wildman–Crippen LogP) is 3.23. The minimum atomic E-state index is 0.720. The van der Waals surface area contributed by atoms with Crippen LogP contribution in [0.3, 0.4) is 0 Å². The minimum absolute atomic E-state index is 0.720. The van der Waals surface area contributed by atoms with Gasteiger partial charge in [0.15, 0.2) is 0 Å². The number of nitrogens with one attached hydrogen (secondary N) is 1. The van der Waals surface area contributed by atoms with Crippen molar-refractivity contribution in [1.29, 1.82) is 0 Å². The largest absolute Gasteiger partial charge is 0.492 e. The second kappa shape index (κ2) is 8.70. The third kappa shape index (κ3) is 5.32. The molecule has 0 bridgehead atoms. The van der Waals surface area contributed by atoms with Crippen molar-refractivity contribution in [2.75, 3.05) is 13.2 Å². The Kier molecular flexibility index (Phi) is 7.11. The Bertz CT molecular complexity index is 364. The van der Waals surface area contributed by atoms with Crippen LogP contribution in [0.25, 0.3) is 0 Å². The molecular formula is C15H24N2O. The summed E-state index contributed by atoms with van der Waals surface area (Å²) in [5.74, 6) is 0.897. The number of allylic oxidation sites excluding steroid dienone is 1. The number of hydrogen-bond acceptors (Lipinski definition) is 3. The van der Waals surface area contributed by atoms with Gasteiger partial charge >= 0.3 is 0 Å². The first-order chi connectivity index (χ1) is 8.77. The van der Waals surface area contributed by atoms with Crippen LogP contribution in [-0.2, 0) is 6.54 Å². The first-order valence-corrected chi connectivity index (χ1v) is 6.68. The van der Waals surface area contributed by atoms with Crippen LogP contribution in [0.5, 0.6) is 5.75 Å². The van der Waals surface area contributed by atoms with E-state index in [4.69, 9.17) is 4.74 Å². The van der Waals surface area contributed by atoms with E-state index < -0.39 is 0 Å². The molecule has 0 atom stereocenters. The lowest BCUT2D eigenvalue weighted by Gasteiger charge is -2.11. The third-order valence-electron chi connectivity index (χ3n) is 2.60. The SMILES string of the molecule is C=CCCCOc1ccc(C)nc1CNCCC. The molecular weight excluding hydrogens is 224 g/mol. The fraction of sp³-hybridized carbons (Fsp3) is 0.533. The Hall–Kier alpha value is -1.35. The zero-order valence-electron chi connectivity index (χ0n) is 11.5. The molecule has 3 nitrogen and oxygen atoms in total. The van der Waals surface area contributed by atoms with E-state index >= 15 is 0 Å². The molecule has 0 aliphatic carbocycles. The molecule has 1 heterocycles. The van der Waals surface area contributed by atoms with Crippen LogP contribution in [0.4, 0.5) is 0 Å². The zero-order valence-corrected chi connectivity index (χ0v) is 11.5. The summed E-state index contributed by atoms with van der Waals surface area (Å²) in [6.45, 7) is 10.4. The van der Waals surface area contributed by atoms with E-state index in [1.54, 1.807) is 0 Å². The van der Waals surface area contributed by atoms with Gasteiger partial charge in [0.1, 0.15) is 5.75 Å². The molecule has 3 heteroatoms. The fourth-order valence-electron chi connectivity index (χ4n) is 1.65. The van der Waals surface area contributed by atoms with Crippen LogP contribution in [0.15, 0.2) is 24.8 Å². The molecule has 1 aromatic heterocycles. The molecule has 0 spiro atoms. The lowest BCUT2D eigenvalue weighted by Crippen LogP contribution is -2.16. The Labute approximate surface area is 110 Å². The first-order valence-electron chi connectivity index (χ1n) is 6.68. The number of rotatable bonds is 9. The quantitative estimate of drug-likeness (QED) is 0.538. The summed E-state index contributed by atoms with van der Waals surface area (Å²) in [6, 6.07) is 4.01. The zero-order chi connectivity index (χ0) is 13.2. The highest BCUT2D eigenvalue weighted by atomic mass is 16.5. The summed E-state index contributed by atoms with van der Waals surface area (Å²) in [4.78, 5) is 4.54. The molecule has 1 N–H and O–H groups in total. The second-order valence-electron chi connectivity index (χ2n) is 4.35. The summed E-state index contributed by atoms with van der Waals surface area (Å²) in [5.41, 5.74) is 2.03. The van der Waals surface area contributed by atoms with E-state index in [0.717, 1.165) is 56.1 Å². The van der Waals surface area contributed by atoms with Crippen LogP contribution in [0.1, 0.15) is 37.6 Å². The van der Waals surface area contributed by atoms with Gasteiger partial charge in [-0.25, -0.2) is 0 Å². The first kappa shape index (κ1) is 14.7. The highest BCUT2D eigenvalue weighted by Gasteiger charge is 2.05. The summed E-state index contributed by atoms with van der Waals surface area (Å²) < 4.78 is 5.77. The second-order valence-corrected chi connectivity index (χ2v) is 4.35. The Morgan fingerprint density at radius 1 is 1.44 bits per heavy atom. The molecule has 0 aliphatic heterocycles. The maximum absolute atomic E-state index is 5.77. The predicted molar refractivity (Wildman–Crippen MR) is 75.9 cm³/mol. The van der Waals surface area contributed by atoms with Gasteiger partial charge in [0, 0.05) is 12.2 Å². The van der Waals surface area contributed by atoms with Crippen molar-refractivity contribution < 1.29 is 4.74 Å². The average Bonchev–Trinajstić information content (AvgIpc) is 2.37. The molecule has 0 radical (unpaired) electrons. The maximum atomic E-state index is 5.77. The number of pyridine rings is 1. The Morgan fingerprint density at radius 2 is 2.28 bits per heavy atom. The molecule has 0 saturated heterocycles.